The molecule has 0 aromatic heterocycles. The van der Waals surface area contributed by atoms with Gasteiger partial charge in [0.05, 0.1) is 0 Å². The van der Waals surface area contributed by atoms with Crippen molar-refractivity contribution in [1.82, 2.24) is 0 Å². The summed E-state index contributed by atoms with van der Waals surface area (Å²) < 4.78 is 12.7. The maximum atomic E-state index is 12.7. The van der Waals surface area contributed by atoms with Crippen molar-refractivity contribution in [2.24, 2.45) is 0 Å². The monoisotopic (exact) mass is 242 g/mol. The number of alkyl halides is 1. The molecule has 1 fully saturated rings. The summed E-state index contributed by atoms with van der Waals surface area (Å²) in [5.41, 5.74) is 1.57. The second-order valence-electron chi connectivity index (χ2n) is 3.77. The first-order valence-corrected chi connectivity index (χ1v) is 5.71. The van der Waals surface area contributed by atoms with Crippen molar-refractivity contribution < 1.29 is 4.39 Å². The molecule has 0 heterocycles. The molecule has 1 aliphatic rings. The van der Waals surface area contributed by atoms with Crippen molar-refractivity contribution in [3.8, 4) is 0 Å². The van der Waals surface area contributed by atoms with E-state index in [2.05, 4.69) is 15.9 Å². The standard InChI is InChI=1S/C11H12BrF/c12-8-11(6-1-7-11)9-2-4-10(13)5-3-9/h2-5H,1,6-8H2. The van der Waals surface area contributed by atoms with Gasteiger partial charge in [0.1, 0.15) is 5.82 Å². The van der Waals surface area contributed by atoms with Gasteiger partial charge < -0.3 is 0 Å². The maximum Gasteiger partial charge on any atom is 0.123 e. The van der Waals surface area contributed by atoms with E-state index in [9.17, 15) is 4.39 Å². The van der Waals surface area contributed by atoms with E-state index in [4.69, 9.17) is 0 Å². The highest BCUT2D eigenvalue weighted by Gasteiger charge is 2.37. The second kappa shape index (κ2) is 3.41. The van der Waals surface area contributed by atoms with Crippen LogP contribution >= 0.6 is 15.9 Å². The Morgan fingerprint density at radius 3 is 2.23 bits per heavy atom. The zero-order chi connectivity index (χ0) is 9.31. The molecule has 1 aromatic rings. The van der Waals surface area contributed by atoms with Gasteiger partial charge >= 0.3 is 0 Å². The predicted octanol–water partition coefficient (Wildman–Crippen LogP) is 3.64. The molecule has 0 N–H and O–H groups in total. The number of hydrogen-bond donors (Lipinski definition) is 0. The molecule has 0 bridgehead atoms. The summed E-state index contributed by atoms with van der Waals surface area (Å²) in [6.07, 6.45) is 3.75. The van der Waals surface area contributed by atoms with E-state index < -0.39 is 0 Å². The van der Waals surface area contributed by atoms with Crippen LogP contribution in [0.15, 0.2) is 24.3 Å². The Labute approximate surface area is 86.3 Å². The lowest BCUT2D eigenvalue weighted by molar-refractivity contribution is 0.280. The van der Waals surface area contributed by atoms with Gasteiger partial charge in [-0.2, -0.15) is 0 Å². The molecule has 0 aliphatic heterocycles. The van der Waals surface area contributed by atoms with Crippen molar-refractivity contribution in [3.63, 3.8) is 0 Å². The van der Waals surface area contributed by atoms with E-state index >= 15 is 0 Å². The smallest absolute Gasteiger partial charge is 0.123 e. The minimum Gasteiger partial charge on any atom is -0.207 e. The molecule has 70 valence electrons. The van der Waals surface area contributed by atoms with Crippen molar-refractivity contribution in [3.05, 3.63) is 35.6 Å². The van der Waals surface area contributed by atoms with Crippen LogP contribution in [0, 0.1) is 5.82 Å². The fourth-order valence-corrected chi connectivity index (χ4v) is 2.79. The summed E-state index contributed by atoms with van der Waals surface area (Å²) in [7, 11) is 0. The normalized spacial score (nSPS) is 19.5. The summed E-state index contributed by atoms with van der Waals surface area (Å²) in [5, 5.41) is 0.992. The molecule has 0 atom stereocenters. The van der Waals surface area contributed by atoms with E-state index in [0.717, 1.165) is 5.33 Å². The summed E-state index contributed by atoms with van der Waals surface area (Å²) in [6, 6.07) is 6.93. The van der Waals surface area contributed by atoms with E-state index in [0.29, 0.717) is 5.41 Å². The van der Waals surface area contributed by atoms with Crippen LogP contribution in [-0.4, -0.2) is 5.33 Å². The van der Waals surface area contributed by atoms with Gasteiger partial charge in [-0.3, -0.25) is 0 Å². The Balaban J connectivity index is 2.28. The molecule has 0 unspecified atom stereocenters. The van der Waals surface area contributed by atoms with Crippen molar-refractivity contribution >= 4 is 15.9 Å². The third-order valence-corrected chi connectivity index (χ3v) is 4.10. The zero-order valence-corrected chi connectivity index (χ0v) is 8.98. The summed E-state index contributed by atoms with van der Waals surface area (Å²) in [5.74, 6) is -0.146. The van der Waals surface area contributed by atoms with Crippen molar-refractivity contribution in [2.45, 2.75) is 24.7 Å². The van der Waals surface area contributed by atoms with Gasteiger partial charge in [-0.25, -0.2) is 4.39 Å². The van der Waals surface area contributed by atoms with Gasteiger partial charge in [0.25, 0.3) is 0 Å². The minimum atomic E-state index is -0.146. The zero-order valence-electron chi connectivity index (χ0n) is 7.39. The maximum absolute atomic E-state index is 12.7. The SMILES string of the molecule is Fc1ccc(C2(CBr)CCC2)cc1. The lowest BCUT2D eigenvalue weighted by atomic mass is 9.66. The van der Waals surface area contributed by atoms with Crippen LogP contribution in [0.5, 0.6) is 0 Å². The average Bonchev–Trinajstić information content (AvgIpc) is 2.07. The third-order valence-electron chi connectivity index (χ3n) is 3.02. The Hall–Kier alpha value is -0.370. The molecular formula is C11H12BrF. The third kappa shape index (κ3) is 1.52. The Morgan fingerprint density at radius 2 is 1.85 bits per heavy atom. The van der Waals surface area contributed by atoms with E-state index in [1.165, 1.54) is 24.8 Å². The molecule has 2 heteroatoms. The Morgan fingerprint density at radius 1 is 1.23 bits per heavy atom. The highest BCUT2D eigenvalue weighted by Crippen LogP contribution is 2.44. The summed E-state index contributed by atoms with van der Waals surface area (Å²) in [6.45, 7) is 0. The van der Waals surface area contributed by atoms with E-state index in [-0.39, 0.29) is 5.82 Å². The molecule has 0 nitrogen and oxygen atoms in total. The minimum absolute atomic E-state index is 0.146. The molecule has 0 saturated heterocycles. The van der Waals surface area contributed by atoms with Crippen LogP contribution in [0.2, 0.25) is 0 Å². The van der Waals surface area contributed by atoms with Crippen molar-refractivity contribution in [1.29, 1.82) is 0 Å². The van der Waals surface area contributed by atoms with Gasteiger partial charge in [0.2, 0.25) is 0 Å². The fraction of sp³-hybridized carbons (Fsp3) is 0.455. The van der Waals surface area contributed by atoms with Gasteiger partial charge in [-0.15, -0.1) is 0 Å². The lowest BCUT2D eigenvalue weighted by Crippen LogP contribution is -2.35. The van der Waals surface area contributed by atoms with Crippen molar-refractivity contribution in [2.75, 3.05) is 5.33 Å². The van der Waals surface area contributed by atoms with Crippen LogP contribution in [0.1, 0.15) is 24.8 Å². The Bertz CT molecular complexity index is 282. The molecular weight excluding hydrogens is 231 g/mol. The topological polar surface area (TPSA) is 0 Å². The van der Waals surface area contributed by atoms with Crippen LogP contribution in [0.4, 0.5) is 4.39 Å². The van der Waals surface area contributed by atoms with Crippen LogP contribution in [0.3, 0.4) is 0 Å². The second-order valence-corrected chi connectivity index (χ2v) is 4.34. The fourth-order valence-electron chi connectivity index (χ4n) is 1.91. The number of benzene rings is 1. The van der Waals surface area contributed by atoms with Gasteiger partial charge in [0.15, 0.2) is 0 Å². The van der Waals surface area contributed by atoms with Gasteiger partial charge in [0, 0.05) is 10.7 Å². The number of halogens is 2. The molecule has 2 rings (SSSR count). The molecule has 0 spiro atoms. The molecule has 1 aromatic carbocycles. The highest BCUT2D eigenvalue weighted by molar-refractivity contribution is 9.09. The van der Waals surface area contributed by atoms with E-state index in [1.807, 2.05) is 12.1 Å². The lowest BCUT2D eigenvalue weighted by Gasteiger charge is -2.41. The largest absolute Gasteiger partial charge is 0.207 e. The van der Waals surface area contributed by atoms with Gasteiger partial charge in [-0.1, -0.05) is 34.5 Å². The average molecular weight is 243 g/mol. The summed E-state index contributed by atoms with van der Waals surface area (Å²) in [4.78, 5) is 0. The predicted molar refractivity (Wildman–Crippen MR) is 55.7 cm³/mol. The first kappa shape index (κ1) is 9.20. The molecule has 13 heavy (non-hydrogen) atoms. The molecule has 0 amide bonds. The first-order chi connectivity index (χ1) is 6.27. The summed E-state index contributed by atoms with van der Waals surface area (Å²) >= 11 is 3.54. The molecule has 1 saturated carbocycles. The van der Waals surface area contributed by atoms with Crippen LogP contribution < -0.4 is 0 Å². The first-order valence-electron chi connectivity index (χ1n) is 4.59. The number of hydrogen-bond acceptors (Lipinski definition) is 0. The Kier molecular flexibility index (Phi) is 2.41. The van der Waals surface area contributed by atoms with Crippen LogP contribution in [-0.2, 0) is 5.41 Å². The number of rotatable bonds is 2. The highest BCUT2D eigenvalue weighted by atomic mass is 79.9. The molecule has 0 radical (unpaired) electrons. The molecule has 1 aliphatic carbocycles. The van der Waals surface area contributed by atoms with E-state index in [1.54, 1.807) is 12.1 Å². The van der Waals surface area contributed by atoms with Crippen LogP contribution in [0.25, 0.3) is 0 Å². The van der Waals surface area contributed by atoms with Gasteiger partial charge in [-0.05, 0) is 30.5 Å². The quantitative estimate of drug-likeness (QED) is 0.695.